The lowest BCUT2D eigenvalue weighted by molar-refractivity contribution is 0.255. The second kappa shape index (κ2) is 11.6. The summed E-state index contributed by atoms with van der Waals surface area (Å²) in [5, 5.41) is 0. The predicted molar refractivity (Wildman–Crippen MR) is 96.9 cm³/mol. The van der Waals surface area contributed by atoms with E-state index in [4.69, 9.17) is 5.73 Å². The topological polar surface area (TPSA) is 32.5 Å². The van der Waals surface area contributed by atoms with Crippen molar-refractivity contribution in [1.82, 2.24) is 9.80 Å². The molecule has 0 amide bonds. The molecule has 0 spiro atoms. The van der Waals surface area contributed by atoms with Gasteiger partial charge in [0.1, 0.15) is 0 Å². The minimum atomic E-state index is 0.627. The largest absolute Gasteiger partial charge is 0.326 e. The summed E-state index contributed by atoms with van der Waals surface area (Å²) in [6.45, 7) is 11.1. The number of unbranched alkanes of at least 4 members (excludes halogenated alkanes) is 1. The highest BCUT2D eigenvalue weighted by molar-refractivity contribution is 5.22. The van der Waals surface area contributed by atoms with Crippen LogP contribution in [-0.2, 0) is 13.1 Å². The number of benzene rings is 1. The Hall–Kier alpha value is -0.900. The number of hydrogen-bond donors (Lipinski definition) is 1. The fraction of sp³-hybridized carbons (Fsp3) is 0.684. The summed E-state index contributed by atoms with van der Waals surface area (Å²) in [6, 6.07) is 8.67. The minimum absolute atomic E-state index is 0.627. The molecule has 3 nitrogen and oxygen atoms in total. The van der Waals surface area contributed by atoms with E-state index in [1.54, 1.807) is 0 Å². The van der Waals surface area contributed by atoms with Crippen LogP contribution in [0.2, 0.25) is 0 Å². The van der Waals surface area contributed by atoms with E-state index in [1.165, 1.54) is 63.0 Å². The number of nitrogens with zero attached hydrogens (tertiary/aromatic N) is 2. The molecule has 0 unspecified atom stereocenters. The van der Waals surface area contributed by atoms with Crippen molar-refractivity contribution < 1.29 is 0 Å². The molecule has 1 aromatic carbocycles. The van der Waals surface area contributed by atoms with E-state index in [-0.39, 0.29) is 0 Å². The zero-order chi connectivity index (χ0) is 16.2. The third-order valence-corrected chi connectivity index (χ3v) is 4.06. The average Bonchev–Trinajstić information content (AvgIpc) is 2.52. The maximum Gasteiger partial charge on any atom is 0.0230 e. The Kier molecular flexibility index (Phi) is 10.1. The monoisotopic (exact) mass is 305 g/mol. The second-order valence-electron chi connectivity index (χ2n) is 6.31. The van der Waals surface area contributed by atoms with Crippen LogP contribution in [0.25, 0.3) is 0 Å². The number of rotatable bonds is 12. The van der Waals surface area contributed by atoms with Crippen molar-refractivity contribution >= 4 is 0 Å². The maximum atomic E-state index is 5.64. The van der Waals surface area contributed by atoms with Crippen molar-refractivity contribution in [2.24, 2.45) is 5.73 Å². The molecule has 0 bridgehead atoms. The molecule has 3 heteroatoms. The van der Waals surface area contributed by atoms with Crippen LogP contribution in [0.15, 0.2) is 24.3 Å². The van der Waals surface area contributed by atoms with E-state index in [0.717, 1.165) is 6.54 Å². The van der Waals surface area contributed by atoms with Crippen LogP contribution in [0, 0.1) is 0 Å². The highest BCUT2D eigenvalue weighted by Crippen LogP contribution is 2.07. The molecule has 22 heavy (non-hydrogen) atoms. The van der Waals surface area contributed by atoms with Gasteiger partial charge in [0.15, 0.2) is 0 Å². The summed E-state index contributed by atoms with van der Waals surface area (Å²) in [6.07, 6.45) is 5.11. The fourth-order valence-corrected chi connectivity index (χ4v) is 2.86. The molecule has 0 atom stereocenters. The van der Waals surface area contributed by atoms with Crippen molar-refractivity contribution in [1.29, 1.82) is 0 Å². The van der Waals surface area contributed by atoms with Crippen LogP contribution in [0.3, 0.4) is 0 Å². The molecule has 1 rings (SSSR count). The molecule has 1 aromatic rings. The van der Waals surface area contributed by atoms with E-state index in [0.29, 0.717) is 6.54 Å². The van der Waals surface area contributed by atoms with Crippen molar-refractivity contribution in [2.45, 2.75) is 52.6 Å². The molecule has 0 aliphatic carbocycles. The molecular weight excluding hydrogens is 270 g/mol. The SMILES string of the molecule is CCCN(CCC)CCCCN(C)Cc1ccc(CN)cc1. The third kappa shape index (κ3) is 7.92. The van der Waals surface area contributed by atoms with Gasteiger partial charge < -0.3 is 15.5 Å². The predicted octanol–water partition coefficient (Wildman–Crippen LogP) is 3.48. The van der Waals surface area contributed by atoms with Crippen LogP contribution in [-0.4, -0.2) is 43.0 Å². The summed E-state index contributed by atoms with van der Waals surface area (Å²) >= 11 is 0. The van der Waals surface area contributed by atoms with Gasteiger partial charge in [0.25, 0.3) is 0 Å². The van der Waals surface area contributed by atoms with Gasteiger partial charge in [-0.05, 0) is 70.0 Å². The Bertz CT molecular complexity index is 369. The molecule has 126 valence electrons. The minimum Gasteiger partial charge on any atom is -0.326 e. The van der Waals surface area contributed by atoms with Gasteiger partial charge in [0, 0.05) is 13.1 Å². The summed E-state index contributed by atoms with van der Waals surface area (Å²) in [7, 11) is 2.21. The third-order valence-electron chi connectivity index (χ3n) is 4.06. The summed E-state index contributed by atoms with van der Waals surface area (Å²) in [4.78, 5) is 5.02. The first-order valence-corrected chi connectivity index (χ1v) is 8.88. The van der Waals surface area contributed by atoms with Crippen LogP contribution in [0.4, 0.5) is 0 Å². The van der Waals surface area contributed by atoms with Gasteiger partial charge in [-0.15, -0.1) is 0 Å². The van der Waals surface area contributed by atoms with E-state index in [1.807, 2.05) is 0 Å². The van der Waals surface area contributed by atoms with Crippen molar-refractivity contribution in [3.05, 3.63) is 35.4 Å². The normalized spacial score (nSPS) is 11.5. The van der Waals surface area contributed by atoms with Gasteiger partial charge in [-0.1, -0.05) is 38.1 Å². The van der Waals surface area contributed by atoms with Gasteiger partial charge in [-0.25, -0.2) is 0 Å². The van der Waals surface area contributed by atoms with Crippen LogP contribution in [0.1, 0.15) is 50.7 Å². The highest BCUT2D eigenvalue weighted by atomic mass is 15.1. The van der Waals surface area contributed by atoms with Gasteiger partial charge in [-0.3, -0.25) is 0 Å². The Morgan fingerprint density at radius 2 is 1.36 bits per heavy atom. The van der Waals surface area contributed by atoms with Gasteiger partial charge in [0.05, 0.1) is 0 Å². The highest BCUT2D eigenvalue weighted by Gasteiger charge is 2.04. The van der Waals surface area contributed by atoms with Gasteiger partial charge >= 0.3 is 0 Å². The van der Waals surface area contributed by atoms with Gasteiger partial charge in [-0.2, -0.15) is 0 Å². The molecule has 0 aromatic heterocycles. The molecule has 0 saturated carbocycles. The standard InChI is InChI=1S/C19H35N3/c1-4-12-22(13-5-2)15-7-6-14-21(3)17-19-10-8-18(16-20)9-11-19/h8-11H,4-7,12-17,20H2,1-3H3. The van der Waals surface area contributed by atoms with Crippen molar-refractivity contribution in [3.63, 3.8) is 0 Å². The number of hydrogen-bond acceptors (Lipinski definition) is 3. The number of nitrogens with two attached hydrogens (primary N) is 1. The van der Waals surface area contributed by atoms with Crippen LogP contribution in [0.5, 0.6) is 0 Å². The fourth-order valence-electron chi connectivity index (χ4n) is 2.86. The van der Waals surface area contributed by atoms with E-state index < -0.39 is 0 Å². The Balaban J connectivity index is 2.20. The van der Waals surface area contributed by atoms with E-state index in [2.05, 4.69) is 55.0 Å². The van der Waals surface area contributed by atoms with Crippen molar-refractivity contribution in [3.8, 4) is 0 Å². The maximum absolute atomic E-state index is 5.64. The summed E-state index contributed by atoms with van der Waals surface area (Å²) in [5.41, 5.74) is 8.22. The lowest BCUT2D eigenvalue weighted by Crippen LogP contribution is -2.27. The smallest absolute Gasteiger partial charge is 0.0230 e. The molecule has 0 aliphatic heterocycles. The van der Waals surface area contributed by atoms with E-state index >= 15 is 0 Å². The zero-order valence-electron chi connectivity index (χ0n) is 14.9. The molecule has 0 heterocycles. The zero-order valence-corrected chi connectivity index (χ0v) is 14.9. The molecule has 0 fully saturated rings. The molecule has 0 saturated heterocycles. The molecule has 2 N–H and O–H groups in total. The van der Waals surface area contributed by atoms with E-state index in [9.17, 15) is 0 Å². The average molecular weight is 306 g/mol. The summed E-state index contributed by atoms with van der Waals surface area (Å²) < 4.78 is 0. The first kappa shape index (κ1) is 19.1. The second-order valence-corrected chi connectivity index (χ2v) is 6.31. The Morgan fingerprint density at radius 3 is 1.91 bits per heavy atom. The molecule has 0 aliphatic rings. The lowest BCUT2D eigenvalue weighted by atomic mass is 10.1. The van der Waals surface area contributed by atoms with Crippen LogP contribution >= 0.6 is 0 Å². The lowest BCUT2D eigenvalue weighted by Gasteiger charge is -2.22. The van der Waals surface area contributed by atoms with Crippen LogP contribution < -0.4 is 5.73 Å². The quantitative estimate of drug-likeness (QED) is 0.600. The van der Waals surface area contributed by atoms with Gasteiger partial charge in [0.2, 0.25) is 0 Å². The first-order chi connectivity index (χ1) is 10.7. The first-order valence-electron chi connectivity index (χ1n) is 8.88. The van der Waals surface area contributed by atoms with Crippen molar-refractivity contribution in [2.75, 3.05) is 33.2 Å². The Morgan fingerprint density at radius 1 is 0.818 bits per heavy atom. The molecular formula is C19H35N3. The Labute approximate surface area is 137 Å². The summed E-state index contributed by atoms with van der Waals surface area (Å²) in [5.74, 6) is 0. The molecule has 0 radical (unpaired) electrons.